The number of amides is 1. The van der Waals surface area contributed by atoms with Gasteiger partial charge in [0, 0.05) is 30.2 Å². The second-order valence-corrected chi connectivity index (χ2v) is 5.85. The number of carboxylic acids is 1. The summed E-state index contributed by atoms with van der Waals surface area (Å²) in [7, 11) is 1.55. The van der Waals surface area contributed by atoms with Gasteiger partial charge in [-0.1, -0.05) is 0 Å². The molecule has 0 saturated carbocycles. The van der Waals surface area contributed by atoms with Crippen molar-refractivity contribution in [1.29, 1.82) is 0 Å². The molecule has 1 aromatic heterocycles. The number of carbonyl (C=O) groups is 2. The van der Waals surface area contributed by atoms with Crippen LogP contribution in [0.5, 0.6) is 0 Å². The second-order valence-electron chi connectivity index (χ2n) is 5.00. The molecule has 1 aliphatic rings. The molecular formula is C13H15BrN2O5. The molecule has 8 heteroatoms. The Morgan fingerprint density at radius 3 is 2.71 bits per heavy atom. The smallest absolute Gasteiger partial charge is 0.331 e. The lowest BCUT2D eigenvalue weighted by Gasteiger charge is -2.23. The summed E-state index contributed by atoms with van der Waals surface area (Å²) in [6.45, 7) is 1.88. The van der Waals surface area contributed by atoms with Crippen LogP contribution >= 0.6 is 15.9 Å². The Hall–Kier alpha value is -1.67. The predicted molar refractivity (Wildman–Crippen MR) is 77.4 cm³/mol. The molecule has 1 aliphatic heterocycles. The number of nitrogens with zero attached hydrogens (tertiary/aromatic N) is 1. The van der Waals surface area contributed by atoms with Gasteiger partial charge >= 0.3 is 5.97 Å². The fraction of sp³-hybridized carbons (Fsp3) is 0.462. The highest BCUT2D eigenvalue weighted by molar-refractivity contribution is 9.10. The molecule has 2 rings (SSSR count). The fourth-order valence-corrected chi connectivity index (χ4v) is 2.61. The normalized spacial score (nSPS) is 21.3. The summed E-state index contributed by atoms with van der Waals surface area (Å²) in [6, 6.07) is 1.40. The zero-order valence-corrected chi connectivity index (χ0v) is 13.2. The molecule has 2 N–H and O–H groups in total. The Morgan fingerprint density at radius 2 is 2.19 bits per heavy atom. The molecule has 1 amide bonds. The molecule has 0 aromatic carbocycles. The van der Waals surface area contributed by atoms with Crippen LogP contribution in [0.1, 0.15) is 22.5 Å². The Morgan fingerprint density at radius 1 is 1.52 bits per heavy atom. The van der Waals surface area contributed by atoms with Gasteiger partial charge in [0.15, 0.2) is 5.54 Å². The minimum atomic E-state index is -1.47. The first-order valence-electron chi connectivity index (χ1n) is 6.28. The van der Waals surface area contributed by atoms with E-state index in [9.17, 15) is 19.5 Å². The van der Waals surface area contributed by atoms with E-state index in [4.69, 9.17) is 4.74 Å². The highest BCUT2D eigenvalue weighted by atomic mass is 79.9. The van der Waals surface area contributed by atoms with E-state index in [-0.39, 0.29) is 25.2 Å². The number of ether oxygens (including phenoxy) is 1. The number of hydrogen-bond donors (Lipinski definition) is 2. The van der Waals surface area contributed by atoms with E-state index in [1.165, 1.54) is 10.6 Å². The summed E-state index contributed by atoms with van der Waals surface area (Å²) in [6.07, 6.45) is 0.168. The van der Waals surface area contributed by atoms with Crippen LogP contribution in [-0.2, 0) is 16.6 Å². The maximum Gasteiger partial charge on any atom is 0.331 e. The van der Waals surface area contributed by atoms with Crippen molar-refractivity contribution in [1.82, 2.24) is 9.88 Å². The Labute approximate surface area is 129 Å². The molecule has 1 fully saturated rings. The van der Waals surface area contributed by atoms with Gasteiger partial charge in [0.25, 0.3) is 11.5 Å². The van der Waals surface area contributed by atoms with Gasteiger partial charge in [-0.3, -0.25) is 9.59 Å². The van der Waals surface area contributed by atoms with Gasteiger partial charge in [-0.05, 0) is 28.9 Å². The lowest BCUT2D eigenvalue weighted by molar-refractivity contribution is -0.144. The molecule has 21 heavy (non-hydrogen) atoms. The number of carboxylic acid groups (broad SMARTS) is 1. The molecule has 0 bridgehead atoms. The number of pyridine rings is 1. The first-order chi connectivity index (χ1) is 9.78. The van der Waals surface area contributed by atoms with Crippen molar-refractivity contribution in [3.63, 3.8) is 0 Å². The molecule has 1 atom stereocenters. The van der Waals surface area contributed by atoms with Gasteiger partial charge in [0.1, 0.15) is 5.56 Å². The first kappa shape index (κ1) is 15.7. The molecule has 114 valence electrons. The second kappa shape index (κ2) is 5.61. The summed E-state index contributed by atoms with van der Waals surface area (Å²) in [4.78, 5) is 35.8. The third-order valence-corrected chi connectivity index (χ3v) is 4.49. The first-order valence-corrected chi connectivity index (χ1v) is 7.07. The van der Waals surface area contributed by atoms with Gasteiger partial charge in [-0.2, -0.15) is 0 Å². The van der Waals surface area contributed by atoms with Gasteiger partial charge in [0.2, 0.25) is 0 Å². The van der Waals surface area contributed by atoms with Crippen LogP contribution in [0.2, 0.25) is 0 Å². The fourth-order valence-electron chi connectivity index (χ4n) is 2.12. The van der Waals surface area contributed by atoms with Crippen molar-refractivity contribution in [3.05, 3.63) is 32.2 Å². The minimum Gasteiger partial charge on any atom is -0.479 e. The Balaban J connectivity index is 2.38. The lowest BCUT2D eigenvalue weighted by Crippen LogP contribution is -2.56. The van der Waals surface area contributed by atoms with E-state index < -0.39 is 23.0 Å². The molecule has 2 heterocycles. The highest BCUT2D eigenvalue weighted by Gasteiger charge is 2.44. The maximum atomic E-state index is 12.3. The van der Waals surface area contributed by atoms with Crippen molar-refractivity contribution < 1.29 is 19.4 Å². The van der Waals surface area contributed by atoms with Crippen LogP contribution in [-0.4, -0.2) is 40.3 Å². The van der Waals surface area contributed by atoms with Crippen LogP contribution in [0.4, 0.5) is 0 Å². The zero-order chi connectivity index (χ0) is 15.8. The third kappa shape index (κ3) is 2.73. The van der Waals surface area contributed by atoms with E-state index in [1.807, 2.05) is 0 Å². The van der Waals surface area contributed by atoms with Gasteiger partial charge in [-0.15, -0.1) is 0 Å². The summed E-state index contributed by atoms with van der Waals surface area (Å²) >= 11 is 3.27. The van der Waals surface area contributed by atoms with E-state index in [2.05, 4.69) is 21.2 Å². The van der Waals surface area contributed by atoms with Crippen LogP contribution in [0, 0.1) is 6.92 Å². The Bertz CT molecular complexity index is 661. The summed E-state index contributed by atoms with van der Waals surface area (Å²) in [5.74, 6) is -1.89. The average molecular weight is 359 g/mol. The van der Waals surface area contributed by atoms with E-state index in [1.54, 1.807) is 14.0 Å². The van der Waals surface area contributed by atoms with Gasteiger partial charge < -0.3 is 19.7 Å². The lowest BCUT2D eigenvalue weighted by atomic mass is 9.98. The van der Waals surface area contributed by atoms with Gasteiger partial charge in [-0.25, -0.2) is 4.79 Å². The number of nitrogens with one attached hydrogen (secondary N) is 1. The van der Waals surface area contributed by atoms with Crippen molar-refractivity contribution in [2.75, 3.05) is 13.2 Å². The standard InChI is InChI=1S/C13H15BrN2O5/c1-7-9(14)5-8(11(18)16(7)2)10(17)15-13(12(19)20)3-4-21-6-13/h5H,3-4,6H2,1-2H3,(H,15,17)(H,19,20). The zero-order valence-electron chi connectivity index (χ0n) is 11.6. The number of rotatable bonds is 3. The third-order valence-electron chi connectivity index (χ3n) is 3.68. The Kier molecular flexibility index (Phi) is 4.20. The van der Waals surface area contributed by atoms with Crippen molar-refractivity contribution in [2.45, 2.75) is 18.9 Å². The van der Waals surface area contributed by atoms with Crippen molar-refractivity contribution >= 4 is 27.8 Å². The molecule has 0 radical (unpaired) electrons. The number of hydrogen-bond acceptors (Lipinski definition) is 4. The molecule has 7 nitrogen and oxygen atoms in total. The SMILES string of the molecule is Cc1c(Br)cc(C(=O)NC2(C(=O)O)CCOC2)c(=O)n1C. The largest absolute Gasteiger partial charge is 0.479 e. The minimum absolute atomic E-state index is 0.109. The summed E-state index contributed by atoms with van der Waals surface area (Å²) < 4.78 is 7.00. The summed E-state index contributed by atoms with van der Waals surface area (Å²) in [5, 5.41) is 11.7. The quantitative estimate of drug-likeness (QED) is 0.816. The monoisotopic (exact) mass is 358 g/mol. The molecule has 0 aliphatic carbocycles. The van der Waals surface area contributed by atoms with E-state index in [0.717, 1.165) is 0 Å². The molecule has 1 saturated heterocycles. The van der Waals surface area contributed by atoms with Crippen LogP contribution in [0.3, 0.4) is 0 Å². The van der Waals surface area contributed by atoms with Crippen LogP contribution in [0.25, 0.3) is 0 Å². The molecule has 1 aromatic rings. The van der Waals surface area contributed by atoms with Crippen molar-refractivity contribution in [3.8, 4) is 0 Å². The molecule has 1 unspecified atom stereocenters. The van der Waals surface area contributed by atoms with E-state index >= 15 is 0 Å². The van der Waals surface area contributed by atoms with Crippen LogP contribution in [0.15, 0.2) is 15.3 Å². The van der Waals surface area contributed by atoms with Gasteiger partial charge in [0.05, 0.1) is 6.61 Å². The number of carbonyl (C=O) groups excluding carboxylic acids is 1. The maximum absolute atomic E-state index is 12.3. The molecule has 0 spiro atoms. The topological polar surface area (TPSA) is 97.6 Å². The van der Waals surface area contributed by atoms with Crippen LogP contribution < -0.4 is 10.9 Å². The van der Waals surface area contributed by atoms with Crippen molar-refractivity contribution in [2.24, 2.45) is 7.05 Å². The number of halogens is 1. The average Bonchev–Trinajstić information content (AvgIpc) is 2.90. The number of aromatic nitrogens is 1. The predicted octanol–water partition coefficient (Wildman–Crippen LogP) is 0.430. The molecular weight excluding hydrogens is 344 g/mol. The van der Waals surface area contributed by atoms with E-state index in [0.29, 0.717) is 10.2 Å². The highest BCUT2D eigenvalue weighted by Crippen LogP contribution is 2.20. The number of aliphatic carboxylic acids is 1. The summed E-state index contributed by atoms with van der Waals surface area (Å²) in [5.41, 5.74) is -1.39.